The zero-order chi connectivity index (χ0) is 13.7. The molecule has 19 heavy (non-hydrogen) atoms. The summed E-state index contributed by atoms with van der Waals surface area (Å²) in [5.74, 6) is -1.48. The fourth-order valence-corrected chi connectivity index (χ4v) is 1.78. The maximum atomic E-state index is 11.5. The Hall–Kier alpha value is -2.49. The predicted octanol–water partition coefficient (Wildman–Crippen LogP) is 1.68. The van der Waals surface area contributed by atoms with Crippen molar-refractivity contribution >= 4 is 11.8 Å². The Kier molecular flexibility index (Phi) is 4.03. The van der Waals surface area contributed by atoms with Crippen LogP contribution in [0.2, 0.25) is 0 Å². The molecule has 0 unspecified atom stereocenters. The Labute approximate surface area is 110 Å². The lowest BCUT2D eigenvalue weighted by Gasteiger charge is -1.99. The van der Waals surface area contributed by atoms with Gasteiger partial charge in [-0.2, -0.15) is 0 Å². The first kappa shape index (κ1) is 13.0. The molecule has 0 amide bonds. The summed E-state index contributed by atoms with van der Waals surface area (Å²) in [7, 11) is 0. The molecule has 0 aliphatic carbocycles. The third kappa shape index (κ3) is 3.74. The van der Waals surface area contributed by atoms with E-state index in [-0.39, 0.29) is 5.78 Å². The van der Waals surface area contributed by atoms with Gasteiger partial charge < -0.3 is 5.11 Å². The molecular weight excluding hydrogens is 242 g/mol. The van der Waals surface area contributed by atoms with Crippen LogP contribution in [0.1, 0.15) is 22.3 Å². The Morgan fingerprint density at radius 3 is 2.21 bits per heavy atom. The Balaban J connectivity index is 2.06. The van der Waals surface area contributed by atoms with Gasteiger partial charge in [-0.05, 0) is 0 Å². The fraction of sp³-hybridized carbons (Fsp3) is 0.133. The van der Waals surface area contributed by atoms with Gasteiger partial charge in [0, 0.05) is 23.3 Å². The fourth-order valence-electron chi connectivity index (χ4n) is 1.78. The van der Waals surface area contributed by atoms with Crippen LogP contribution in [0.25, 0.3) is 0 Å². The second-order valence-corrected chi connectivity index (χ2v) is 4.24. The van der Waals surface area contributed by atoms with Crippen LogP contribution >= 0.6 is 0 Å². The number of benzene rings is 1. The molecular formula is C15H14NO3+. The van der Waals surface area contributed by atoms with Gasteiger partial charge in [0.25, 0.3) is 0 Å². The molecule has 96 valence electrons. The summed E-state index contributed by atoms with van der Waals surface area (Å²) in [5.41, 5.74) is 1.59. The molecule has 1 heterocycles. The average Bonchev–Trinajstić information content (AvgIpc) is 2.40. The number of carbonyl (C=O) groups excluding carboxylic acids is 1. The van der Waals surface area contributed by atoms with Crippen LogP contribution in [-0.4, -0.2) is 16.9 Å². The summed E-state index contributed by atoms with van der Waals surface area (Å²) in [6, 6.07) is 13.2. The maximum absolute atomic E-state index is 11.5. The van der Waals surface area contributed by atoms with Gasteiger partial charge in [-0.3, -0.25) is 9.59 Å². The highest BCUT2D eigenvalue weighted by Crippen LogP contribution is 2.02. The minimum Gasteiger partial charge on any atom is -0.481 e. The standard InChI is InChI=1S/C15H13NO3/c17-14(10-15(18)19)13-6-8-16(9-7-13)11-12-4-2-1-3-5-12/h1-9H,10-11H2/p+1. The number of nitrogens with zero attached hydrogens (tertiary/aromatic N) is 1. The topological polar surface area (TPSA) is 58.2 Å². The lowest BCUT2D eigenvalue weighted by atomic mass is 10.1. The van der Waals surface area contributed by atoms with Crippen LogP contribution in [0.3, 0.4) is 0 Å². The summed E-state index contributed by atoms with van der Waals surface area (Å²) >= 11 is 0. The summed E-state index contributed by atoms with van der Waals surface area (Å²) in [6.45, 7) is 0.717. The molecule has 0 aliphatic heterocycles. The Morgan fingerprint density at radius 2 is 1.63 bits per heavy atom. The van der Waals surface area contributed by atoms with E-state index in [1.165, 1.54) is 0 Å². The molecule has 2 rings (SSSR count). The van der Waals surface area contributed by atoms with Crippen molar-refractivity contribution in [1.29, 1.82) is 0 Å². The molecule has 0 atom stereocenters. The number of hydrogen-bond donors (Lipinski definition) is 1. The van der Waals surface area contributed by atoms with Gasteiger partial charge in [0.1, 0.15) is 6.42 Å². The van der Waals surface area contributed by atoms with Gasteiger partial charge in [0.15, 0.2) is 24.7 Å². The molecule has 2 aromatic rings. The number of ketones is 1. The minimum atomic E-state index is -1.11. The van der Waals surface area contributed by atoms with Crippen molar-refractivity contribution in [3.05, 3.63) is 66.0 Å². The van der Waals surface area contributed by atoms with E-state index < -0.39 is 12.4 Å². The first-order valence-electron chi connectivity index (χ1n) is 5.93. The largest absolute Gasteiger partial charge is 0.481 e. The summed E-state index contributed by atoms with van der Waals surface area (Å²) in [6.07, 6.45) is 3.09. The highest BCUT2D eigenvalue weighted by molar-refractivity contribution is 6.05. The molecule has 1 N–H and O–H groups in total. The van der Waals surface area contributed by atoms with E-state index in [2.05, 4.69) is 0 Å². The number of rotatable bonds is 5. The highest BCUT2D eigenvalue weighted by atomic mass is 16.4. The Morgan fingerprint density at radius 1 is 1.00 bits per heavy atom. The molecule has 0 aliphatic rings. The molecule has 1 aromatic heterocycles. The number of carbonyl (C=O) groups is 2. The minimum absolute atomic E-state index is 0.376. The van der Waals surface area contributed by atoms with Crippen LogP contribution in [0.15, 0.2) is 54.9 Å². The highest BCUT2D eigenvalue weighted by Gasteiger charge is 2.12. The van der Waals surface area contributed by atoms with Crippen LogP contribution < -0.4 is 4.57 Å². The van der Waals surface area contributed by atoms with E-state index in [1.807, 2.05) is 34.9 Å². The van der Waals surface area contributed by atoms with E-state index in [0.29, 0.717) is 12.1 Å². The van der Waals surface area contributed by atoms with Crippen molar-refractivity contribution in [2.45, 2.75) is 13.0 Å². The second-order valence-electron chi connectivity index (χ2n) is 4.24. The lowest BCUT2D eigenvalue weighted by molar-refractivity contribution is -0.688. The van der Waals surface area contributed by atoms with Crippen LogP contribution in [0.5, 0.6) is 0 Å². The molecule has 1 aromatic carbocycles. The second kappa shape index (κ2) is 5.91. The Bertz CT molecular complexity index is 576. The van der Waals surface area contributed by atoms with Gasteiger partial charge in [0.2, 0.25) is 0 Å². The zero-order valence-corrected chi connectivity index (χ0v) is 10.3. The van der Waals surface area contributed by atoms with Gasteiger partial charge in [-0.15, -0.1) is 0 Å². The predicted molar refractivity (Wildman–Crippen MR) is 68.8 cm³/mol. The number of carboxylic acid groups (broad SMARTS) is 1. The van der Waals surface area contributed by atoms with Gasteiger partial charge >= 0.3 is 5.97 Å². The number of Topliss-reactive ketones (excluding diaryl/α,β-unsaturated/α-hetero) is 1. The number of aromatic nitrogens is 1. The van der Waals surface area contributed by atoms with Gasteiger partial charge in [-0.25, -0.2) is 4.57 Å². The smallest absolute Gasteiger partial charge is 0.311 e. The van der Waals surface area contributed by atoms with Crippen molar-refractivity contribution in [2.24, 2.45) is 0 Å². The monoisotopic (exact) mass is 256 g/mol. The van der Waals surface area contributed by atoms with E-state index >= 15 is 0 Å². The summed E-state index contributed by atoms with van der Waals surface area (Å²) in [5, 5.41) is 8.57. The normalized spacial score (nSPS) is 10.1. The van der Waals surface area contributed by atoms with E-state index in [4.69, 9.17) is 5.11 Å². The van der Waals surface area contributed by atoms with E-state index in [9.17, 15) is 9.59 Å². The van der Waals surface area contributed by atoms with Crippen LogP contribution in [0.4, 0.5) is 0 Å². The van der Waals surface area contributed by atoms with Crippen LogP contribution in [-0.2, 0) is 11.3 Å². The molecule has 4 nitrogen and oxygen atoms in total. The van der Waals surface area contributed by atoms with Crippen LogP contribution in [0, 0.1) is 0 Å². The third-order valence-corrected chi connectivity index (χ3v) is 2.73. The van der Waals surface area contributed by atoms with Crippen molar-refractivity contribution in [1.82, 2.24) is 0 Å². The van der Waals surface area contributed by atoms with Crippen molar-refractivity contribution in [2.75, 3.05) is 0 Å². The first-order chi connectivity index (χ1) is 9.15. The zero-order valence-electron chi connectivity index (χ0n) is 10.3. The number of hydrogen-bond acceptors (Lipinski definition) is 2. The molecule has 0 saturated carbocycles. The molecule has 0 fully saturated rings. The summed E-state index contributed by atoms with van der Waals surface area (Å²) < 4.78 is 1.94. The number of aliphatic carboxylic acids is 1. The van der Waals surface area contributed by atoms with E-state index in [1.54, 1.807) is 24.5 Å². The maximum Gasteiger partial charge on any atom is 0.311 e. The van der Waals surface area contributed by atoms with Gasteiger partial charge in [-0.1, -0.05) is 30.3 Å². The van der Waals surface area contributed by atoms with Crippen molar-refractivity contribution < 1.29 is 19.3 Å². The SMILES string of the molecule is O=C(O)CC(=O)c1cc[n+](Cc2ccccc2)cc1. The lowest BCUT2D eigenvalue weighted by Crippen LogP contribution is -2.33. The molecule has 0 bridgehead atoms. The third-order valence-electron chi connectivity index (χ3n) is 2.73. The quantitative estimate of drug-likeness (QED) is 0.503. The molecule has 0 saturated heterocycles. The molecule has 0 radical (unpaired) electrons. The molecule has 4 heteroatoms. The number of carboxylic acids is 1. The molecule has 0 spiro atoms. The van der Waals surface area contributed by atoms with Gasteiger partial charge in [0.05, 0.1) is 0 Å². The summed E-state index contributed by atoms with van der Waals surface area (Å²) in [4.78, 5) is 22.0. The number of pyridine rings is 1. The van der Waals surface area contributed by atoms with E-state index in [0.717, 1.165) is 5.56 Å². The first-order valence-corrected chi connectivity index (χ1v) is 5.93. The average molecular weight is 256 g/mol. The van der Waals surface area contributed by atoms with Crippen molar-refractivity contribution in [3.63, 3.8) is 0 Å². The van der Waals surface area contributed by atoms with Crippen molar-refractivity contribution in [3.8, 4) is 0 Å².